The first-order valence-electron chi connectivity index (χ1n) is 22.1. The maximum atomic E-state index is 12.3. The first kappa shape index (κ1) is 47.9. The highest BCUT2D eigenvalue weighted by atomic mass is 16.3. The smallest absolute Gasteiger partial charge is 0.220 e. The fourth-order valence-electron chi connectivity index (χ4n) is 6.76. The molecule has 2 unspecified atom stereocenters. The number of unbranched alkanes of at least 4 members (excludes halogenated alkanes) is 31. The Balaban J connectivity index is 3.50. The number of allylic oxidation sites excluding steroid dienone is 3. The summed E-state index contributed by atoms with van der Waals surface area (Å²) in [5.41, 5.74) is 0. The Morgan fingerprint density at radius 3 is 1.16 bits per heavy atom. The van der Waals surface area contributed by atoms with E-state index in [0.717, 1.165) is 38.5 Å². The molecule has 0 heterocycles. The van der Waals surface area contributed by atoms with Crippen molar-refractivity contribution in [3.8, 4) is 0 Å². The number of rotatable bonds is 40. The topological polar surface area (TPSA) is 69.6 Å². The van der Waals surface area contributed by atoms with Crippen molar-refractivity contribution in [3.05, 3.63) is 24.3 Å². The van der Waals surface area contributed by atoms with E-state index in [4.69, 9.17) is 0 Å². The Hall–Kier alpha value is -1.13. The number of nitrogens with one attached hydrogen (secondary N) is 1. The summed E-state index contributed by atoms with van der Waals surface area (Å²) in [6, 6.07) is -0.623. The van der Waals surface area contributed by atoms with Gasteiger partial charge < -0.3 is 15.5 Å². The van der Waals surface area contributed by atoms with Crippen LogP contribution in [0.3, 0.4) is 0 Å². The molecule has 0 spiro atoms. The number of hydrogen-bond donors (Lipinski definition) is 3. The van der Waals surface area contributed by atoms with Crippen molar-refractivity contribution in [2.75, 3.05) is 6.61 Å². The molecule has 0 aromatic rings. The first-order chi connectivity index (χ1) is 24.2. The van der Waals surface area contributed by atoms with Crippen LogP contribution in [0.25, 0.3) is 0 Å². The Kier molecular flexibility index (Phi) is 40.3. The van der Waals surface area contributed by atoms with Gasteiger partial charge in [0, 0.05) is 6.42 Å². The molecule has 0 aromatic heterocycles. The van der Waals surface area contributed by atoms with Crippen LogP contribution in [0.1, 0.15) is 239 Å². The van der Waals surface area contributed by atoms with Gasteiger partial charge in [0.25, 0.3) is 0 Å². The van der Waals surface area contributed by atoms with Crippen LogP contribution in [0.5, 0.6) is 0 Å². The highest BCUT2D eigenvalue weighted by Gasteiger charge is 2.17. The van der Waals surface area contributed by atoms with Gasteiger partial charge >= 0.3 is 0 Å². The third-order valence-electron chi connectivity index (χ3n) is 10.2. The molecule has 0 bridgehead atoms. The van der Waals surface area contributed by atoms with Crippen LogP contribution in [0.4, 0.5) is 0 Å². The lowest BCUT2D eigenvalue weighted by molar-refractivity contribution is -0.123. The molecule has 0 saturated carbocycles. The van der Waals surface area contributed by atoms with Crippen LogP contribution in [-0.2, 0) is 4.79 Å². The third kappa shape index (κ3) is 37.9. The van der Waals surface area contributed by atoms with Crippen molar-refractivity contribution >= 4 is 5.91 Å². The molecule has 3 N–H and O–H groups in total. The summed E-state index contributed by atoms with van der Waals surface area (Å²) in [6.07, 6.45) is 53.0. The summed E-state index contributed by atoms with van der Waals surface area (Å²) < 4.78 is 0. The first-order valence-corrected chi connectivity index (χ1v) is 22.1. The second-order valence-corrected chi connectivity index (χ2v) is 15.1. The van der Waals surface area contributed by atoms with Crippen LogP contribution in [0.15, 0.2) is 24.3 Å². The zero-order chi connectivity index (χ0) is 35.7. The minimum Gasteiger partial charge on any atom is -0.394 e. The summed E-state index contributed by atoms with van der Waals surface area (Å²) in [4.78, 5) is 12.3. The number of carbonyl (C=O) groups is 1. The van der Waals surface area contributed by atoms with E-state index in [0.29, 0.717) is 6.42 Å². The quantitative estimate of drug-likeness (QED) is 0.0443. The molecule has 0 rings (SSSR count). The van der Waals surface area contributed by atoms with Gasteiger partial charge in [0.05, 0.1) is 18.8 Å². The molecule has 0 saturated heterocycles. The van der Waals surface area contributed by atoms with E-state index in [1.165, 1.54) is 180 Å². The summed E-state index contributed by atoms with van der Waals surface area (Å²) in [7, 11) is 0. The molecule has 0 aliphatic rings. The van der Waals surface area contributed by atoms with Gasteiger partial charge in [-0.2, -0.15) is 0 Å². The third-order valence-corrected chi connectivity index (χ3v) is 10.2. The minimum atomic E-state index is -0.839. The highest BCUT2D eigenvalue weighted by Crippen LogP contribution is 2.16. The molecule has 4 heteroatoms. The van der Waals surface area contributed by atoms with E-state index in [-0.39, 0.29) is 12.5 Å². The predicted octanol–water partition coefficient (Wildman–Crippen LogP) is 13.6. The van der Waals surface area contributed by atoms with Crippen molar-refractivity contribution in [1.29, 1.82) is 0 Å². The van der Waals surface area contributed by atoms with E-state index < -0.39 is 12.1 Å². The maximum Gasteiger partial charge on any atom is 0.220 e. The van der Waals surface area contributed by atoms with E-state index in [9.17, 15) is 15.0 Å². The summed E-state index contributed by atoms with van der Waals surface area (Å²) >= 11 is 0. The lowest BCUT2D eigenvalue weighted by Crippen LogP contribution is -2.45. The molecule has 0 aliphatic heterocycles. The lowest BCUT2D eigenvalue weighted by Gasteiger charge is -2.20. The molecular formula is C45H87NO3. The average Bonchev–Trinajstić information content (AvgIpc) is 3.10. The zero-order valence-corrected chi connectivity index (χ0v) is 33.2. The predicted molar refractivity (Wildman–Crippen MR) is 216 cm³/mol. The molecule has 0 aliphatic carbocycles. The van der Waals surface area contributed by atoms with Gasteiger partial charge in [0.1, 0.15) is 0 Å². The van der Waals surface area contributed by atoms with E-state index in [2.05, 4.69) is 31.3 Å². The van der Waals surface area contributed by atoms with Gasteiger partial charge in [-0.05, 0) is 44.9 Å². The molecule has 4 nitrogen and oxygen atoms in total. The number of amides is 1. The standard InChI is InChI=1S/C45H87NO3/c1-3-5-7-9-11-13-15-17-18-19-20-21-22-23-24-25-26-27-28-29-30-32-34-36-38-40-44(48)43(42-47)46-45(49)41-39-37-35-33-31-16-14-12-10-8-6-4-2/h12,14,38,40,43-44,47-48H,3-11,13,15-37,39,41-42H2,1-2H3,(H,46,49)/b14-12-,40-38+. The Morgan fingerprint density at radius 1 is 0.469 bits per heavy atom. The van der Waals surface area contributed by atoms with Crippen molar-refractivity contribution in [2.45, 2.75) is 251 Å². The Bertz CT molecular complexity index is 705. The van der Waals surface area contributed by atoms with Gasteiger partial charge in [0.2, 0.25) is 5.91 Å². The normalized spacial score (nSPS) is 13.1. The van der Waals surface area contributed by atoms with Crippen molar-refractivity contribution in [1.82, 2.24) is 5.32 Å². The number of aliphatic hydroxyl groups is 2. The van der Waals surface area contributed by atoms with Crippen molar-refractivity contribution in [3.63, 3.8) is 0 Å². The van der Waals surface area contributed by atoms with Crippen molar-refractivity contribution in [2.24, 2.45) is 0 Å². The van der Waals surface area contributed by atoms with Crippen LogP contribution < -0.4 is 5.32 Å². The second-order valence-electron chi connectivity index (χ2n) is 15.1. The van der Waals surface area contributed by atoms with Gasteiger partial charge in [-0.3, -0.25) is 4.79 Å². The zero-order valence-electron chi connectivity index (χ0n) is 33.2. The maximum absolute atomic E-state index is 12.3. The number of aliphatic hydroxyl groups excluding tert-OH is 2. The number of carbonyl (C=O) groups excluding carboxylic acids is 1. The second kappa shape index (κ2) is 41.3. The minimum absolute atomic E-state index is 0.0728. The Morgan fingerprint density at radius 2 is 0.776 bits per heavy atom. The Labute approximate surface area is 307 Å². The fraction of sp³-hybridized carbons (Fsp3) is 0.889. The SMILES string of the molecule is CCCCC/C=C\CCCCCCCC(=O)NC(CO)C(O)/C=C/CCCCCCCCCCCCCCCCCCCCCCCCC. The highest BCUT2D eigenvalue weighted by molar-refractivity contribution is 5.76. The summed E-state index contributed by atoms with van der Waals surface area (Å²) in [5, 5.41) is 23.0. The molecule has 1 amide bonds. The molecule has 2 atom stereocenters. The number of hydrogen-bond acceptors (Lipinski definition) is 3. The average molecular weight is 690 g/mol. The monoisotopic (exact) mass is 690 g/mol. The molecule has 290 valence electrons. The van der Waals surface area contributed by atoms with E-state index in [1.54, 1.807) is 6.08 Å². The van der Waals surface area contributed by atoms with Crippen molar-refractivity contribution < 1.29 is 15.0 Å². The summed E-state index contributed by atoms with van der Waals surface area (Å²) in [5.74, 6) is -0.0728. The van der Waals surface area contributed by atoms with Gasteiger partial charge in [-0.25, -0.2) is 0 Å². The molecule has 0 radical (unpaired) electrons. The molecule has 49 heavy (non-hydrogen) atoms. The van der Waals surface area contributed by atoms with Crippen LogP contribution >= 0.6 is 0 Å². The van der Waals surface area contributed by atoms with Gasteiger partial charge in [-0.1, -0.05) is 212 Å². The summed E-state index contributed by atoms with van der Waals surface area (Å²) in [6.45, 7) is 4.29. The fourth-order valence-corrected chi connectivity index (χ4v) is 6.76. The molecular weight excluding hydrogens is 602 g/mol. The molecule has 0 aromatic carbocycles. The van der Waals surface area contributed by atoms with Crippen LogP contribution in [0, 0.1) is 0 Å². The molecule has 0 fully saturated rings. The van der Waals surface area contributed by atoms with E-state index >= 15 is 0 Å². The van der Waals surface area contributed by atoms with Gasteiger partial charge in [-0.15, -0.1) is 0 Å². The largest absolute Gasteiger partial charge is 0.394 e. The van der Waals surface area contributed by atoms with Crippen LogP contribution in [-0.4, -0.2) is 34.9 Å². The van der Waals surface area contributed by atoms with Gasteiger partial charge in [0.15, 0.2) is 0 Å². The van der Waals surface area contributed by atoms with Crippen LogP contribution in [0.2, 0.25) is 0 Å². The lowest BCUT2D eigenvalue weighted by atomic mass is 10.0. The van der Waals surface area contributed by atoms with E-state index in [1.807, 2.05) is 6.08 Å².